The van der Waals surface area contributed by atoms with Crippen LogP contribution in [-0.2, 0) is 14.3 Å². The minimum absolute atomic E-state index is 0.0617. The molecule has 0 saturated carbocycles. The molecule has 4 nitrogen and oxygen atoms in total. The van der Waals surface area contributed by atoms with Gasteiger partial charge in [0.1, 0.15) is 0 Å². The minimum Gasteiger partial charge on any atom is -0.484 e. The van der Waals surface area contributed by atoms with E-state index >= 15 is 0 Å². The first-order valence-electron chi connectivity index (χ1n) is 4.28. The number of carbonyl (C=O) groups is 1. The molecule has 0 bridgehead atoms. The summed E-state index contributed by atoms with van der Waals surface area (Å²) in [7, 11) is 2.82. The molecule has 14 heavy (non-hydrogen) atoms. The number of ether oxygens (including phenoxy) is 2. The van der Waals surface area contributed by atoms with Crippen LogP contribution in [0.5, 0.6) is 0 Å². The maximum absolute atomic E-state index is 11.1. The maximum Gasteiger partial charge on any atom is 0.337 e. The van der Waals surface area contributed by atoms with E-state index in [9.17, 15) is 4.79 Å². The topological polar surface area (TPSA) is 59.4 Å². The summed E-state index contributed by atoms with van der Waals surface area (Å²) in [5.41, 5.74) is 0.535. The summed E-state index contributed by atoms with van der Waals surface area (Å²) in [6.07, 6.45) is 5.79. The highest BCUT2D eigenvalue weighted by atomic mass is 16.5. The van der Waals surface area contributed by atoms with E-state index in [2.05, 4.69) is 4.74 Å². The minimum atomic E-state index is -0.344. The van der Waals surface area contributed by atoms with E-state index in [4.69, 9.17) is 10.1 Å². The summed E-state index contributed by atoms with van der Waals surface area (Å²) >= 11 is 0. The van der Waals surface area contributed by atoms with E-state index in [1.165, 1.54) is 14.2 Å². The first-order valence-corrected chi connectivity index (χ1v) is 4.28. The Bertz CT molecular complexity index is 304. The largest absolute Gasteiger partial charge is 0.484 e. The molecule has 1 unspecified atom stereocenters. The lowest BCUT2D eigenvalue weighted by atomic mass is 9.96. The maximum atomic E-state index is 11.1. The molecule has 0 aromatic heterocycles. The fourth-order valence-corrected chi connectivity index (χ4v) is 1.24. The monoisotopic (exact) mass is 195 g/mol. The SMILES string of the molecule is COC(=N)C1C=CC(C(=O)OC)=CC1. The second-order valence-electron chi connectivity index (χ2n) is 2.92. The number of hydrogen-bond acceptors (Lipinski definition) is 4. The molecule has 0 aliphatic heterocycles. The Morgan fingerprint density at radius 1 is 1.50 bits per heavy atom. The highest BCUT2D eigenvalue weighted by molar-refractivity contribution is 5.92. The van der Waals surface area contributed by atoms with Gasteiger partial charge in [0.25, 0.3) is 0 Å². The quantitative estimate of drug-likeness (QED) is 0.410. The van der Waals surface area contributed by atoms with Crippen LogP contribution >= 0.6 is 0 Å². The molecule has 0 spiro atoms. The van der Waals surface area contributed by atoms with Crippen LogP contribution in [0.3, 0.4) is 0 Å². The molecule has 0 aromatic carbocycles. The summed E-state index contributed by atoms with van der Waals surface area (Å²) < 4.78 is 9.37. The van der Waals surface area contributed by atoms with Gasteiger partial charge in [0.2, 0.25) is 0 Å². The van der Waals surface area contributed by atoms with Crippen molar-refractivity contribution in [1.82, 2.24) is 0 Å². The summed E-state index contributed by atoms with van der Waals surface area (Å²) in [5, 5.41) is 7.43. The molecule has 1 N–H and O–H groups in total. The molecule has 76 valence electrons. The zero-order valence-corrected chi connectivity index (χ0v) is 8.24. The van der Waals surface area contributed by atoms with Crippen LogP contribution in [0.2, 0.25) is 0 Å². The fourth-order valence-electron chi connectivity index (χ4n) is 1.24. The molecule has 1 rings (SSSR count). The number of rotatable bonds is 2. The highest BCUT2D eigenvalue weighted by Gasteiger charge is 2.17. The number of methoxy groups -OCH3 is 2. The third kappa shape index (κ3) is 2.22. The fraction of sp³-hybridized carbons (Fsp3) is 0.400. The van der Waals surface area contributed by atoms with Crippen molar-refractivity contribution in [2.45, 2.75) is 6.42 Å². The van der Waals surface area contributed by atoms with E-state index in [1.807, 2.05) is 0 Å². The molecule has 0 aromatic rings. The predicted octanol–water partition coefficient (Wildman–Crippen LogP) is 1.29. The standard InChI is InChI=1S/C10H13NO3/c1-13-9(11)7-3-5-8(6-4-7)10(12)14-2/h3,5-7,11H,4H2,1-2H3. The summed E-state index contributed by atoms with van der Waals surface area (Å²) in [4.78, 5) is 11.1. The molecule has 1 atom stereocenters. The van der Waals surface area contributed by atoms with Crippen LogP contribution in [0.25, 0.3) is 0 Å². The Kier molecular flexibility index (Phi) is 3.45. The number of carbonyl (C=O) groups excluding carboxylic acids is 1. The van der Waals surface area contributed by atoms with Gasteiger partial charge in [-0.1, -0.05) is 18.2 Å². The Labute approximate surface area is 82.7 Å². The third-order valence-corrected chi connectivity index (χ3v) is 2.08. The predicted molar refractivity (Wildman–Crippen MR) is 52.1 cm³/mol. The van der Waals surface area contributed by atoms with E-state index in [1.54, 1.807) is 18.2 Å². The average molecular weight is 195 g/mol. The van der Waals surface area contributed by atoms with E-state index in [0.717, 1.165) is 0 Å². The van der Waals surface area contributed by atoms with Crippen molar-refractivity contribution in [3.63, 3.8) is 0 Å². The molecule has 0 fully saturated rings. The van der Waals surface area contributed by atoms with Crippen molar-refractivity contribution in [2.24, 2.45) is 5.92 Å². The Balaban J connectivity index is 2.62. The number of nitrogens with one attached hydrogen (secondary N) is 1. The van der Waals surface area contributed by atoms with Crippen molar-refractivity contribution in [3.8, 4) is 0 Å². The second-order valence-corrected chi connectivity index (χ2v) is 2.92. The van der Waals surface area contributed by atoms with E-state index in [0.29, 0.717) is 12.0 Å². The summed E-state index contributed by atoms with van der Waals surface area (Å²) in [6, 6.07) is 0. The van der Waals surface area contributed by atoms with Crippen molar-refractivity contribution < 1.29 is 14.3 Å². The number of allylic oxidation sites excluding steroid dienone is 1. The lowest BCUT2D eigenvalue weighted by Gasteiger charge is -2.14. The van der Waals surface area contributed by atoms with Crippen LogP contribution in [0.4, 0.5) is 0 Å². The highest BCUT2D eigenvalue weighted by Crippen LogP contribution is 2.18. The Morgan fingerprint density at radius 2 is 2.21 bits per heavy atom. The first kappa shape index (κ1) is 10.5. The summed E-state index contributed by atoms with van der Waals surface area (Å²) in [6.45, 7) is 0. The van der Waals surface area contributed by atoms with Gasteiger partial charge in [-0.3, -0.25) is 5.41 Å². The van der Waals surface area contributed by atoms with Crippen molar-refractivity contribution in [3.05, 3.63) is 23.8 Å². The van der Waals surface area contributed by atoms with Crippen LogP contribution in [-0.4, -0.2) is 26.1 Å². The number of hydrogen-bond donors (Lipinski definition) is 1. The molecule has 0 radical (unpaired) electrons. The van der Waals surface area contributed by atoms with Crippen molar-refractivity contribution >= 4 is 11.9 Å². The van der Waals surface area contributed by atoms with E-state index in [-0.39, 0.29) is 17.8 Å². The van der Waals surface area contributed by atoms with Crippen LogP contribution in [0, 0.1) is 11.3 Å². The van der Waals surface area contributed by atoms with E-state index < -0.39 is 0 Å². The van der Waals surface area contributed by atoms with Crippen molar-refractivity contribution in [1.29, 1.82) is 5.41 Å². The molecule has 0 heterocycles. The van der Waals surface area contributed by atoms with Crippen LogP contribution < -0.4 is 0 Å². The van der Waals surface area contributed by atoms with Gasteiger partial charge in [-0.2, -0.15) is 0 Å². The molecule has 1 aliphatic carbocycles. The zero-order chi connectivity index (χ0) is 10.6. The third-order valence-electron chi connectivity index (χ3n) is 2.08. The van der Waals surface area contributed by atoms with Gasteiger partial charge < -0.3 is 9.47 Å². The molecular formula is C10H13NO3. The lowest BCUT2D eigenvalue weighted by molar-refractivity contribution is -0.135. The molecular weight excluding hydrogens is 182 g/mol. The molecule has 0 saturated heterocycles. The smallest absolute Gasteiger partial charge is 0.337 e. The van der Waals surface area contributed by atoms with Gasteiger partial charge in [0, 0.05) is 0 Å². The van der Waals surface area contributed by atoms with Gasteiger partial charge in [-0.25, -0.2) is 4.79 Å². The van der Waals surface area contributed by atoms with Crippen molar-refractivity contribution in [2.75, 3.05) is 14.2 Å². The van der Waals surface area contributed by atoms with Gasteiger partial charge in [-0.05, 0) is 6.42 Å². The zero-order valence-electron chi connectivity index (χ0n) is 8.24. The van der Waals surface area contributed by atoms with Gasteiger partial charge in [0.05, 0.1) is 25.7 Å². The lowest BCUT2D eigenvalue weighted by Crippen LogP contribution is -2.16. The Hall–Kier alpha value is -1.58. The van der Waals surface area contributed by atoms with Gasteiger partial charge in [-0.15, -0.1) is 0 Å². The Morgan fingerprint density at radius 3 is 2.64 bits per heavy atom. The van der Waals surface area contributed by atoms with Gasteiger partial charge in [0.15, 0.2) is 5.90 Å². The average Bonchev–Trinajstić information content (AvgIpc) is 2.27. The molecule has 0 amide bonds. The first-order chi connectivity index (χ1) is 6.69. The van der Waals surface area contributed by atoms with Crippen LogP contribution in [0.15, 0.2) is 23.8 Å². The number of esters is 1. The van der Waals surface area contributed by atoms with Gasteiger partial charge >= 0.3 is 5.97 Å². The molecule has 1 aliphatic rings. The van der Waals surface area contributed by atoms with Crippen LogP contribution in [0.1, 0.15) is 6.42 Å². The molecule has 4 heteroatoms. The second kappa shape index (κ2) is 4.60. The normalized spacial score (nSPS) is 19.9. The summed E-state index contributed by atoms with van der Waals surface area (Å²) in [5.74, 6) is -0.196.